The molecule has 4 rings (SSSR count). The number of para-hydroxylation sites is 1. The predicted molar refractivity (Wildman–Crippen MR) is 107 cm³/mol. The van der Waals surface area contributed by atoms with Crippen LogP contribution in [-0.2, 0) is 9.59 Å². The first-order valence-corrected chi connectivity index (χ1v) is 10.1. The lowest BCUT2D eigenvalue weighted by molar-refractivity contribution is -0.140. The van der Waals surface area contributed by atoms with Crippen LogP contribution in [0.15, 0.2) is 36.5 Å². The van der Waals surface area contributed by atoms with E-state index in [2.05, 4.69) is 10.4 Å². The molecule has 9 heteroatoms. The number of carbonyl (C=O) groups excluding carboxylic acids is 2. The maximum atomic E-state index is 12.7. The molecule has 158 valence electrons. The Kier molecular flexibility index (Phi) is 5.69. The topological polar surface area (TPSA) is 114 Å². The van der Waals surface area contributed by atoms with Crippen LogP contribution in [0.3, 0.4) is 0 Å². The zero-order valence-corrected chi connectivity index (χ0v) is 16.5. The van der Waals surface area contributed by atoms with E-state index >= 15 is 0 Å². The number of hydrogen-bond acceptors (Lipinski definition) is 5. The van der Waals surface area contributed by atoms with Crippen molar-refractivity contribution >= 4 is 17.8 Å². The van der Waals surface area contributed by atoms with Crippen LogP contribution in [0, 0.1) is 0 Å². The van der Waals surface area contributed by atoms with Gasteiger partial charge in [0.1, 0.15) is 6.04 Å². The Bertz CT molecular complexity index is 938. The molecule has 30 heavy (non-hydrogen) atoms. The van der Waals surface area contributed by atoms with E-state index in [0.29, 0.717) is 18.7 Å². The SMILES string of the molecule is O=C(O)c1nn(-c2ccccc2)cc1OCC(=O)N1CCC[C@H]1C(=O)NC1CCC1. The third kappa shape index (κ3) is 4.14. The first kappa shape index (κ1) is 19.9. The average molecular weight is 412 g/mol. The molecule has 1 atom stereocenters. The molecule has 2 amide bonds. The molecule has 2 N–H and O–H groups in total. The Labute approximate surface area is 173 Å². The fourth-order valence-electron chi connectivity index (χ4n) is 3.74. The van der Waals surface area contributed by atoms with Gasteiger partial charge in [-0.1, -0.05) is 18.2 Å². The van der Waals surface area contributed by atoms with E-state index in [1.54, 1.807) is 12.1 Å². The standard InChI is InChI=1S/C21H24N4O5/c26-18(24-11-5-10-16(24)20(27)22-14-6-4-7-14)13-30-17-12-25(23-19(17)21(28)29)15-8-2-1-3-9-15/h1-3,8-9,12,14,16H,4-7,10-11,13H2,(H,22,27)(H,28,29)/t16-/m0/s1. The molecule has 2 heterocycles. The first-order valence-electron chi connectivity index (χ1n) is 10.1. The summed E-state index contributed by atoms with van der Waals surface area (Å²) in [5, 5.41) is 16.5. The van der Waals surface area contributed by atoms with E-state index in [4.69, 9.17) is 4.74 Å². The predicted octanol–water partition coefficient (Wildman–Crippen LogP) is 1.61. The zero-order valence-electron chi connectivity index (χ0n) is 16.5. The molecule has 1 saturated carbocycles. The summed E-state index contributed by atoms with van der Waals surface area (Å²) in [5.74, 6) is -1.70. The Hall–Kier alpha value is -3.36. The maximum Gasteiger partial charge on any atom is 0.360 e. The van der Waals surface area contributed by atoms with Gasteiger partial charge in [-0.2, -0.15) is 5.10 Å². The zero-order chi connectivity index (χ0) is 21.1. The molecule has 0 radical (unpaired) electrons. The second-order valence-corrected chi connectivity index (χ2v) is 7.60. The quantitative estimate of drug-likeness (QED) is 0.714. The third-order valence-electron chi connectivity index (χ3n) is 5.58. The van der Waals surface area contributed by atoms with Crippen LogP contribution in [0.25, 0.3) is 5.69 Å². The fourth-order valence-corrected chi connectivity index (χ4v) is 3.74. The van der Waals surface area contributed by atoms with E-state index in [1.165, 1.54) is 15.8 Å². The molecule has 2 aromatic rings. The highest BCUT2D eigenvalue weighted by atomic mass is 16.5. The van der Waals surface area contributed by atoms with E-state index < -0.39 is 12.0 Å². The number of ether oxygens (including phenoxy) is 1. The Morgan fingerprint density at radius 3 is 2.57 bits per heavy atom. The van der Waals surface area contributed by atoms with Crippen LogP contribution >= 0.6 is 0 Å². The third-order valence-corrected chi connectivity index (χ3v) is 5.58. The summed E-state index contributed by atoms with van der Waals surface area (Å²) in [7, 11) is 0. The number of nitrogens with one attached hydrogen (secondary N) is 1. The van der Waals surface area contributed by atoms with Crippen molar-refractivity contribution in [3.05, 3.63) is 42.2 Å². The van der Waals surface area contributed by atoms with Crippen molar-refractivity contribution in [1.29, 1.82) is 0 Å². The maximum absolute atomic E-state index is 12.7. The molecular formula is C21H24N4O5. The lowest BCUT2D eigenvalue weighted by atomic mass is 9.93. The summed E-state index contributed by atoms with van der Waals surface area (Å²) in [4.78, 5) is 38.3. The number of amides is 2. The number of hydrogen-bond donors (Lipinski definition) is 2. The molecule has 9 nitrogen and oxygen atoms in total. The summed E-state index contributed by atoms with van der Waals surface area (Å²) >= 11 is 0. The minimum Gasteiger partial charge on any atom is -0.480 e. The average Bonchev–Trinajstić information content (AvgIpc) is 3.37. The number of carboxylic acids is 1. The van der Waals surface area contributed by atoms with Crippen LogP contribution in [0.1, 0.15) is 42.6 Å². The smallest absolute Gasteiger partial charge is 0.360 e. The van der Waals surface area contributed by atoms with E-state index in [-0.39, 0.29) is 35.9 Å². The summed E-state index contributed by atoms with van der Waals surface area (Å²) < 4.78 is 6.93. The van der Waals surface area contributed by atoms with E-state index in [1.807, 2.05) is 18.2 Å². The second-order valence-electron chi connectivity index (χ2n) is 7.60. The molecular weight excluding hydrogens is 388 g/mol. The van der Waals surface area contributed by atoms with Crippen molar-refractivity contribution in [3.8, 4) is 11.4 Å². The van der Waals surface area contributed by atoms with Gasteiger partial charge in [-0.05, 0) is 44.2 Å². The largest absolute Gasteiger partial charge is 0.480 e. The minimum absolute atomic E-state index is 0.00868. The molecule has 1 aliphatic heterocycles. The van der Waals surface area contributed by atoms with Crippen molar-refractivity contribution in [1.82, 2.24) is 20.0 Å². The molecule has 0 unspecified atom stereocenters. The van der Waals surface area contributed by atoms with Crippen LogP contribution < -0.4 is 10.1 Å². The molecule has 2 fully saturated rings. The van der Waals surface area contributed by atoms with Crippen LogP contribution in [-0.4, -0.2) is 62.8 Å². The van der Waals surface area contributed by atoms with Gasteiger partial charge >= 0.3 is 5.97 Å². The molecule has 0 bridgehead atoms. The fraction of sp³-hybridized carbons (Fsp3) is 0.429. The van der Waals surface area contributed by atoms with Crippen molar-refractivity contribution in [2.75, 3.05) is 13.2 Å². The van der Waals surface area contributed by atoms with Crippen LogP contribution in [0.5, 0.6) is 5.75 Å². The summed E-state index contributed by atoms with van der Waals surface area (Å²) in [6, 6.07) is 8.75. The highest BCUT2D eigenvalue weighted by Gasteiger charge is 2.35. The van der Waals surface area contributed by atoms with Gasteiger partial charge in [-0.15, -0.1) is 0 Å². The van der Waals surface area contributed by atoms with Gasteiger partial charge in [0.25, 0.3) is 5.91 Å². The molecule has 1 saturated heterocycles. The van der Waals surface area contributed by atoms with Gasteiger partial charge < -0.3 is 20.1 Å². The van der Waals surface area contributed by atoms with Gasteiger partial charge in [0.15, 0.2) is 12.4 Å². The number of carboxylic acid groups (broad SMARTS) is 1. The summed E-state index contributed by atoms with van der Waals surface area (Å²) in [6.45, 7) is 0.133. The number of carbonyl (C=O) groups is 3. The summed E-state index contributed by atoms with van der Waals surface area (Å²) in [5.41, 5.74) is 0.404. The Morgan fingerprint density at radius 2 is 1.90 bits per heavy atom. The Balaban J connectivity index is 1.42. The van der Waals surface area contributed by atoms with Gasteiger partial charge in [0, 0.05) is 12.6 Å². The number of rotatable bonds is 7. The van der Waals surface area contributed by atoms with Gasteiger partial charge in [0.2, 0.25) is 11.6 Å². The van der Waals surface area contributed by atoms with Crippen LogP contribution in [0.4, 0.5) is 0 Å². The van der Waals surface area contributed by atoms with Crippen LogP contribution in [0.2, 0.25) is 0 Å². The molecule has 1 aromatic heterocycles. The van der Waals surface area contributed by atoms with Crippen molar-refractivity contribution in [2.45, 2.75) is 44.2 Å². The molecule has 0 spiro atoms. The second kappa shape index (κ2) is 8.56. The normalized spacial score (nSPS) is 18.7. The van der Waals surface area contributed by atoms with Gasteiger partial charge in [0.05, 0.1) is 11.9 Å². The minimum atomic E-state index is -1.24. The molecule has 2 aliphatic rings. The number of likely N-dealkylation sites (tertiary alicyclic amines) is 1. The van der Waals surface area contributed by atoms with Gasteiger partial charge in [-0.3, -0.25) is 9.59 Å². The lowest BCUT2D eigenvalue weighted by Gasteiger charge is -2.30. The van der Waals surface area contributed by atoms with E-state index in [9.17, 15) is 19.5 Å². The molecule has 1 aliphatic carbocycles. The number of benzene rings is 1. The highest BCUT2D eigenvalue weighted by Crippen LogP contribution is 2.23. The van der Waals surface area contributed by atoms with Crippen molar-refractivity contribution in [3.63, 3.8) is 0 Å². The highest BCUT2D eigenvalue weighted by molar-refractivity contribution is 5.90. The number of aromatic carboxylic acids is 1. The van der Waals surface area contributed by atoms with Crippen molar-refractivity contribution < 1.29 is 24.2 Å². The lowest BCUT2D eigenvalue weighted by Crippen LogP contribution is -2.51. The Morgan fingerprint density at radius 1 is 1.13 bits per heavy atom. The first-order chi connectivity index (χ1) is 14.5. The van der Waals surface area contributed by atoms with Gasteiger partial charge in [-0.25, -0.2) is 9.48 Å². The molecule has 1 aromatic carbocycles. The monoisotopic (exact) mass is 412 g/mol. The number of nitrogens with zero attached hydrogens (tertiary/aromatic N) is 3. The number of aromatic nitrogens is 2. The summed E-state index contributed by atoms with van der Waals surface area (Å²) in [6.07, 6.45) is 5.90. The van der Waals surface area contributed by atoms with E-state index in [0.717, 1.165) is 25.7 Å². The van der Waals surface area contributed by atoms with Crippen molar-refractivity contribution in [2.24, 2.45) is 0 Å².